The van der Waals surface area contributed by atoms with Gasteiger partial charge >= 0.3 is 0 Å². The normalized spacial score (nSPS) is 47.8. The Balaban J connectivity index is 2.05. The van der Waals surface area contributed by atoms with Gasteiger partial charge in [0, 0.05) is 17.5 Å². The largest absolute Gasteiger partial charge is 0.330 e. The number of alkyl halides is 1. The van der Waals surface area contributed by atoms with Crippen molar-refractivity contribution < 1.29 is 0 Å². The molecule has 2 rings (SSSR count). The molecule has 2 fully saturated rings. The Kier molecular flexibility index (Phi) is 3.35. The van der Waals surface area contributed by atoms with Crippen LogP contribution < -0.4 is 11.1 Å². The fourth-order valence-corrected chi connectivity index (χ4v) is 3.75. The van der Waals surface area contributed by atoms with Crippen LogP contribution in [0.1, 0.15) is 32.6 Å². The van der Waals surface area contributed by atoms with E-state index in [1.165, 1.54) is 19.3 Å². The standard InChI is InChI=1S/C11H21ClN2/c1-7-8(5-6-13)9-3-2-4-10(12)11(9)14-7/h7-11,14H,2-6,13H2,1H3. The summed E-state index contributed by atoms with van der Waals surface area (Å²) < 4.78 is 0. The molecule has 1 aliphatic heterocycles. The summed E-state index contributed by atoms with van der Waals surface area (Å²) in [6.45, 7) is 3.09. The van der Waals surface area contributed by atoms with Crippen LogP contribution >= 0.6 is 11.6 Å². The lowest BCUT2D eigenvalue weighted by atomic mass is 9.77. The molecule has 3 N–H and O–H groups in total. The molecule has 0 spiro atoms. The Morgan fingerprint density at radius 2 is 2.21 bits per heavy atom. The first-order valence-corrected chi connectivity index (χ1v) is 6.28. The van der Waals surface area contributed by atoms with Crippen molar-refractivity contribution in [2.24, 2.45) is 17.6 Å². The minimum absolute atomic E-state index is 0.346. The average Bonchev–Trinajstić information content (AvgIpc) is 2.47. The van der Waals surface area contributed by atoms with Crippen molar-refractivity contribution in [1.29, 1.82) is 0 Å². The van der Waals surface area contributed by atoms with Crippen LogP contribution in [0.2, 0.25) is 0 Å². The fraction of sp³-hybridized carbons (Fsp3) is 1.00. The highest BCUT2D eigenvalue weighted by molar-refractivity contribution is 6.21. The van der Waals surface area contributed by atoms with Crippen LogP contribution in [-0.2, 0) is 0 Å². The third-order valence-electron chi connectivity index (χ3n) is 4.02. The Morgan fingerprint density at radius 1 is 1.43 bits per heavy atom. The van der Waals surface area contributed by atoms with Gasteiger partial charge in [0.25, 0.3) is 0 Å². The van der Waals surface area contributed by atoms with Gasteiger partial charge in [-0.05, 0) is 44.6 Å². The predicted molar refractivity (Wildman–Crippen MR) is 60.5 cm³/mol. The summed E-state index contributed by atoms with van der Waals surface area (Å²) in [4.78, 5) is 0. The fourth-order valence-electron chi connectivity index (χ4n) is 3.34. The van der Waals surface area contributed by atoms with Gasteiger partial charge in [0.1, 0.15) is 0 Å². The molecule has 5 unspecified atom stereocenters. The number of halogens is 1. The van der Waals surface area contributed by atoms with Crippen molar-refractivity contribution in [3.63, 3.8) is 0 Å². The molecule has 0 aromatic carbocycles. The highest BCUT2D eigenvalue weighted by Crippen LogP contribution is 2.40. The van der Waals surface area contributed by atoms with Gasteiger partial charge in [0.15, 0.2) is 0 Å². The second-order valence-corrected chi connectivity index (χ2v) is 5.39. The Bertz CT molecular complexity index is 198. The van der Waals surface area contributed by atoms with Crippen molar-refractivity contribution in [1.82, 2.24) is 5.32 Å². The smallest absolute Gasteiger partial charge is 0.0492 e. The maximum atomic E-state index is 6.35. The second-order valence-electron chi connectivity index (χ2n) is 4.83. The predicted octanol–water partition coefficient (Wildman–Crippen LogP) is 1.72. The van der Waals surface area contributed by atoms with Gasteiger partial charge in [-0.3, -0.25) is 0 Å². The highest BCUT2D eigenvalue weighted by atomic mass is 35.5. The molecule has 5 atom stereocenters. The topological polar surface area (TPSA) is 38.0 Å². The van der Waals surface area contributed by atoms with E-state index in [2.05, 4.69) is 12.2 Å². The molecule has 0 aromatic heterocycles. The molecule has 0 radical (unpaired) electrons. The molecule has 1 aliphatic carbocycles. The average molecular weight is 217 g/mol. The third kappa shape index (κ3) is 1.80. The first-order valence-electron chi connectivity index (χ1n) is 5.84. The van der Waals surface area contributed by atoms with Crippen LogP contribution in [0.25, 0.3) is 0 Å². The molecule has 14 heavy (non-hydrogen) atoms. The number of hydrogen-bond acceptors (Lipinski definition) is 2. The molecule has 1 heterocycles. The Labute approximate surface area is 91.6 Å². The molecule has 0 aromatic rings. The zero-order chi connectivity index (χ0) is 10.1. The molecule has 2 aliphatic rings. The zero-order valence-electron chi connectivity index (χ0n) is 8.88. The Hall–Kier alpha value is 0.210. The maximum absolute atomic E-state index is 6.35. The summed E-state index contributed by atoms with van der Waals surface area (Å²) in [7, 11) is 0. The molecule has 82 valence electrons. The molecule has 2 nitrogen and oxygen atoms in total. The summed E-state index contributed by atoms with van der Waals surface area (Å²) in [5.41, 5.74) is 5.67. The highest BCUT2D eigenvalue weighted by Gasteiger charge is 2.44. The van der Waals surface area contributed by atoms with E-state index < -0.39 is 0 Å². The van der Waals surface area contributed by atoms with Crippen molar-refractivity contribution in [3.05, 3.63) is 0 Å². The van der Waals surface area contributed by atoms with Gasteiger partial charge in [0.05, 0.1) is 0 Å². The van der Waals surface area contributed by atoms with Crippen molar-refractivity contribution in [2.75, 3.05) is 6.54 Å². The van der Waals surface area contributed by atoms with Crippen LogP contribution in [0.4, 0.5) is 0 Å². The monoisotopic (exact) mass is 216 g/mol. The number of fused-ring (bicyclic) bond motifs is 1. The lowest BCUT2D eigenvalue weighted by Gasteiger charge is -2.32. The molecular weight excluding hydrogens is 196 g/mol. The summed E-state index contributed by atoms with van der Waals surface area (Å²) in [5, 5.41) is 4.00. The van der Waals surface area contributed by atoms with Crippen LogP contribution in [0, 0.1) is 11.8 Å². The Morgan fingerprint density at radius 3 is 2.93 bits per heavy atom. The van der Waals surface area contributed by atoms with Crippen LogP contribution in [0.3, 0.4) is 0 Å². The lowest BCUT2D eigenvalue weighted by molar-refractivity contribution is 0.264. The lowest BCUT2D eigenvalue weighted by Crippen LogP contribution is -2.40. The number of hydrogen-bond donors (Lipinski definition) is 2. The van der Waals surface area contributed by atoms with E-state index in [4.69, 9.17) is 17.3 Å². The number of rotatable bonds is 2. The van der Waals surface area contributed by atoms with Crippen molar-refractivity contribution in [3.8, 4) is 0 Å². The summed E-state index contributed by atoms with van der Waals surface area (Å²) in [5.74, 6) is 1.54. The SMILES string of the molecule is CC1NC2C(Cl)CCCC2C1CCN. The summed E-state index contributed by atoms with van der Waals surface area (Å²) in [6.07, 6.45) is 4.97. The van der Waals surface area contributed by atoms with Gasteiger partial charge in [0.2, 0.25) is 0 Å². The first-order chi connectivity index (χ1) is 6.74. The van der Waals surface area contributed by atoms with E-state index in [-0.39, 0.29) is 0 Å². The van der Waals surface area contributed by atoms with Gasteiger partial charge in [-0.25, -0.2) is 0 Å². The van der Waals surface area contributed by atoms with Gasteiger partial charge in [-0.2, -0.15) is 0 Å². The van der Waals surface area contributed by atoms with Crippen molar-refractivity contribution in [2.45, 2.75) is 50.1 Å². The van der Waals surface area contributed by atoms with E-state index in [1.807, 2.05) is 0 Å². The van der Waals surface area contributed by atoms with Gasteiger partial charge < -0.3 is 11.1 Å². The molecule has 3 heteroatoms. The molecule has 1 saturated heterocycles. The minimum Gasteiger partial charge on any atom is -0.330 e. The second kappa shape index (κ2) is 4.38. The van der Waals surface area contributed by atoms with E-state index in [0.717, 1.165) is 24.8 Å². The molecule has 0 bridgehead atoms. The summed E-state index contributed by atoms with van der Waals surface area (Å²) >= 11 is 6.35. The molecule has 0 amide bonds. The van der Waals surface area contributed by atoms with Crippen LogP contribution in [0.15, 0.2) is 0 Å². The number of nitrogens with two attached hydrogens (primary N) is 1. The van der Waals surface area contributed by atoms with E-state index in [9.17, 15) is 0 Å². The maximum Gasteiger partial charge on any atom is 0.0492 e. The molecular formula is C11H21ClN2. The van der Waals surface area contributed by atoms with E-state index in [1.54, 1.807) is 0 Å². The van der Waals surface area contributed by atoms with Crippen LogP contribution in [-0.4, -0.2) is 24.0 Å². The van der Waals surface area contributed by atoms with Gasteiger partial charge in [-0.1, -0.05) is 6.42 Å². The van der Waals surface area contributed by atoms with Gasteiger partial charge in [-0.15, -0.1) is 11.6 Å². The zero-order valence-corrected chi connectivity index (χ0v) is 9.63. The summed E-state index contributed by atoms with van der Waals surface area (Å²) in [6, 6.07) is 1.16. The van der Waals surface area contributed by atoms with Crippen molar-refractivity contribution >= 4 is 11.6 Å². The molecule has 1 saturated carbocycles. The minimum atomic E-state index is 0.346. The van der Waals surface area contributed by atoms with Crippen LogP contribution in [0.5, 0.6) is 0 Å². The van der Waals surface area contributed by atoms with E-state index >= 15 is 0 Å². The first kappa shape index (κ1) is 10.7. The quantitative estimate of drug-likeness (QED) is 0.690. The number of nitrogens with one attached hydrogen (secondary N) is 1. The van der Waals surface area contributed by atoms with E-state index in [0.29, 0.717) is 17.5 Å². The third-order valence-corrected chi connectivity index (χ3v) is 4.51.